The minimum atomic E-state index is -0.434. The van der Waals surface area contributed by atoms with E-state index in [1.165, 1.54) is 17.4 Å². The molecule has 7 heteroatoms. The summed E-state index contributed by atoms with van der Waals surface area (Å²) in [7, 11) is 1.57. The Kier molecular flexibility index (Phi) is 7.41. The number of anilines is 1. The van der Waals surface area contributed by atoms with E-state index in [2.05, 4.69) is 21.2 Å². The Balaban J connectivity index is 2.19. The first-order valence-corrected chi connectivity index (χ1v) is 9.71. The van der Waals surface area contributed by atoms with Crippen molar-refractivity contribution in [1.82, 2.24) is 0 Å². The first-order valence-electron chi connectivity index (χ1n) is 8.10. The number of carbonyl (C=O) groups is 2. The number of carbonyl (C=O) groups excluding carboxylic acids is 2. The van der Waals surface area contributed by atoms with Gasteiger partial charge in [-0.3, -0.25) is 4.79 Å². The van der Waals surface area contributed by atoms with Crippen LogP contribution in [0.3, 0.4) is 0 Å². The average molecular weight is 438 g/mol. The smallest absolute Gasteiger partial charge is 0.341 e. The van der Waals surface area contributed by atoms with Gasteiger partial charge in [0.25, 0.3) is 0 Å². The molecule has 0 atom stereocenters. The van der Waals surface area contributed by atoms with Crippen LogP contribution < -0.4 is 10.1 Å². The maximum absolute atomic E-state index is 12.3. The minimum absolute atomic E-state index is 0.284. The van der Waals surface area contributed by atoms with Gasteiger partial charge in [-0.25, -0.2) is 4.79 Å². The number of halogens is 1. The molecule has 1 N–H and O–H groups in total. The Hall–Kier alpha value is -2.12. The maximum Gasteiger partial charge on any atom is 0.341 e. The first-order chi connectivity index (χ1) is 12.5. The van der Waals surface area contributed by atoms with Crippen LogP contribution in [0.2, 0.25) is 0 Å². The molecule has 0 unspecified atom stereocenters. The van der Waals surface area contributed by atoms with Crippen LogP contribution in [0.15, 0.2) is 34.8 Å². The number of amides is 1. The van der Waals surface area contributed by atoms with E-state index in [1.807, 2.05) is 25.1 Å². The van der Waals surface area contributed by atoms with Crippen molar-refractivity contribution in [2.45, 2.75) is 20.3 Å². The third kappa shape index (κ3) is 5.19. The molecule has 0 spiro atoms. The summed E-state index contributed by atoms with van der Waals surface area (Å²) in [6, 6.07) is 7.29. The molecule has 5 nitrogen and oxygen atoms in total. The molecule has 1 aromatic heterocycles. The number of aryl methyl sites for hydroxylation is 1. The van der Waals surface area contributed by atoms with Crippen molar-refractivity contribution < 1.29 is 19.1 Å². The summed E-state index contributed by atoms with van der Waals surface area (Å²) in [5, 5.41) is 3.26. The Morgan fingerprint density at radius 2 is 2.04 bits per heavy atom. The Morgan fingerprint density at radius 1 is 1.27 bits per heavy atom. The fourth-order valence-electron chi connectivity index (χ4n) is 2.22. The quantitative estimate of drug-likeness (QED) is 0.493. The fraction of sp³-hybridized carbons (Fsp3) is 0.263. The molecule has 1 amide bonds. The highest BCUT2D eigenvalue weighted by molar-refractivity contribution is 9.10. The van der Waals surface area contributed by atoms with Crippen LogP contribution in [0, 0.1) is 0 Å². The van der Waals surface area contributed by atoms with E-state index in [0.717, 1.165) is 21.3 Å². The van der Waals surface area contributed by atoms with Gasteiger partial charge in [0.1, 0.15) is 10.8 Å². The summed E-state index contributed by atoms with van der Waals surface area (Å²) in [6.07, 6.45) is 3.85. The Bertz CT molecular complexity index is 829. The van der Waals surface area contributed by atoms with Gasteiger partial charge in [0.05, 0.1) is 19.3 Å². The summed E-state index contributed by atoms with van der Waals surface area (Å²) in [5.41, 5.74) is 1.15. The summed E-state index contributed by atoms with van der Waals surface area (Å²) >= 11 is 4.77. The van der Waals surface area contributed by atoms with Crippen molar-refractivity contribution in [2.24, 2.45) is 0 Å². The van der Waals surface area contributed by atoms with E-state index in [9.17, 15) is 9.59 Å². The Morgan fingerprint density at radius 3 is 2.69 bits per heavy atom. The number of benzene rings is 1. The van der Waals surface area contributed by atoms with Gasteiger partial charge in [-0.2, -0.15) is 0 Å². The number of esters is 1. The van der Waals surface area contributed by atoms with Crippen LogP contribution in [0.1, 0.15) is 34.6 Å². The number of rotatable bonds is 7. The van der Waals surface area contributed by atoms with E-state index in [-0.39, 0.29) is 12.5 Å². The number of ether oxygens (including phenoxy) is 2. The molecule has 0 saturated heterocycles. The van der Waals surface area contributed by atoms with E-state index in [1.54, 1.807) is 26.2 Å². The van der Waals surface area contributed by atoms with Gasteiger partial charge in [-0.15, -0.1) is 11.3 Å². The van der Waals surface area contributed by atoms with Gasteiger partial charge in [-0.1, -0.05) is 22.9 Å². The zero-order valence-corrected chi connectivity index (χ0v) is 17.2. The molecular weight excluding hydrogens is 418 g/mol. The van der Waals surface area contributed by atoms with Gasteiger partial charge in [-0.05, 0) is 43.7 Å². The van der Waals surface area contributed by atoms with Crippen molar-refractivity contribution in [1.29, 1.82) is 0 Å². The third-order valence-corrected chi connectivity index (χ3v) is 5.16. The molecule has 1 aromatic carbocycles. The number of hydrogen-bond donors (Lipinski definition) is 1. The van der Waals surface area contributed by atoms with Gasteiger partial charge in [0.15, 0.2) is 0 Å². The highest BCUT2D eigenvalue weighted by Gasteiger charge is 2.18. The number of nitrogens with one attached hydrogen (secondary N) is 1. The molecule has 0 fully saturated rings. The molecule has 26 heavy (non-hydrogen) atoms. The van der Waals surface area contributed by atoms with Crippen molar-refractivity contribution in [3.63, 3.8) is 0 Å². The highest BCUT2D eigenvalue weighted by Crippen LogP contribution is 2.29. The van der Waals surface area contributed by atoms with E-state index >= 15 is 0 Å². The summed E-state index contributed by atoms with van der Waals surface area (Å²) in [5.74, 6) is -0.104. The second kappa shape index (κ2) is 9.54. The molecule has 0 aliphatic carbocycles. The van der Waals surface area contributed by atoms with Gasteiger partial charge in [0, 0.05) is 21.0 Å². The predicted octanol–water partition coefficient (Wildman–Crippen LogP) is 4.91. The van der Waals surface area contributed by atoms with Crippen LogP contribution in [0.5, 0.6) is 5.75 Å². The third-order valence-electron chi connectivity index (χ3n) is 3.47. The van der Waals surface area contributed by atoms with Crippen LogP contribution in [-0.2, 0) is 16.0 Å². The van der Waals surface area contributed by atoms with Crippen LogP contribution >= 0.6 is 27.3 Å². The van der Waals surface area contributed by atoms with Crippen molar-refractivity contribution in [3.05, 3.63) is 50.8 Å². The Labute approximate surface area is 165 Å². The van der Waals surface area contributed by atoms with Crippen molar-refractivity contribution >= 4 is 50.2 Å². The normalized spacial score (nSPS) is 10.8. The molecule has 138 valence electrons. The molecule has 2 rings (SSSR count). The lowest BCUT2D eigenvalue weighted by Gasteiger charge is -2.06. The molecule has 0 saturated carbocycles. The molecule has 1 heterocycles. The predicted molar refractivity (Wildman–Crippen MR) is 108 cm³/mol. The summed E-state index contributed by atoms with van der Waals surface area (Å²) in [4.78, 5) is 25.4. The zero-order chi connectivity index (χ0) is 19.1. The van der Waals surface area contributed by atoms with E-state index in [4.69, 9.17) is 9.47 Å². The van der Waals surface area contributed by atoms with Crippen molar-refractivity contribution in [3.8, 4) is 5.75 Å². The SMILES string of the molecule is CCOC(=O)c1cc(CC)sc1NC(=O)/C=C/c1cc(Br)ccc1OC. The standard InChI is InChI=1S/C19H20BrNO4S/c1-4-14-11-15(19(23)25-5-2)18(26-14)21-17(22)9-6-12-10-13(20)7-8-16(12)24-3/h6-11H,4-5H2,1-3H3,(H,21,22)/b9-6+. The number of methoxy groups -OCH3 is 1. The minimum Gasteiger partial charge on any atom is -0.496 e. The average Bonchev–Trinajstić information content (AvgIpc) is 3.03. The number of thiophene rings is 1. The lowest BCUT2D eigenvalue weighted by molar-refractivity contribution is -0.111. The lowest BCUT2D eigenvalue weighted by Crippen LogP contribution is -2.11. The van der Waals surface area contributed by atoms with Crippen LogP contribution in [0.25, 0.3) is 6.08 Å². The largest absolute Gasteiger partial charge is 0.496 e. The molecule has 0 aliphatic heterocycles. The highest BCUT2D eigenvalue weighted by atomic mass is 79.9. The zero-order valence-electron chi connectivity index (χ0n) is 14.8. The summed E-state index contributed by atoms with van der Waals surface area (Å²) in [6.45, 7) is 4.02. The second-order valence-corrected chi connectivity index (χ2v) is 7.29. The first kappa shape index (κ1) is 20.2. The topological polar surface area (TPSA) is 64.6 Å². The second-order valence-electron chi connectivity index (χ2n) is 5.24. The molecular formula is C19H20BrNO4S. The van der Waals surface area contributed by atoms with E-state index in [0.29, 0.717) is 16.3 Å². The maximum atomic E-state index is 12.3. The van der Waals surface area contributed by atoms with Gasteiger partial charge < -0.3 is 14.8 Å². The lowest BCUT2D eigenvalue weighted by atomic mass is 10.2. The monoisotopic (exact) mass is 437 g/mol. The molecule has 2 aromatic rings. The number of hydrogen-bond acceptors (Lipinski definition) is 5. The molecule has 0 bridgehead atoms. The fourth-order valence-corrected chi connectivity index (χ4v) is 3.59. The van der Waals surface area contributed by atoms with Gasteiger partial charge in [0.2, 0.25) is 5.91 Å². The van der Waals surface area contributed by atoms with Crippen LogP contribution in [-0.4, -0.2) is 25.6 Å². The van der Waals surface area contributed by atoms with Crippen LogP contribution in [0.4, 0.5) is 5.00 Å². The summed E-state index contributed by atoms with van der Waals surface area (Å²) < 4.78 is 11.2. The van der Waals surface area contributed by atoms with Gasteiger partial charge >= 0.3 is 5.97 Å². The van der Waals surface area contributed by atoms with E-state index < -0.39 is 5.97 Å². The molecule has 0 radical (unpaired) electrons. The van der Waals surface area contributed by atoms with Crippen molar-refractivity contribution in [2.75, 3.05) is 19.0 Å². The molecule has 0 aliphatic rings.